The van der Waals surface area contributed by atoms with Crippen LogP contribution in [0.15, 0.2) is 36.4 Å². The van der Waals surface area contributed by atoms with Crippen LogP contribution >= 0.6 is 11.6 Å². The van der Waals surface area contributed by atoms with Crippen molar-refractivity contribution in [2.45, 2.75) is 20.0 Å². The summed E-state index contributed by atoms with van der Waals surface area (Å²) in [7, 11) is 0. The number of nitrogen functional groups attached to an aromatic ring is 1. The number of nitrogens with two attached hydrogens (primary N) is 1. The van der Waals surface area contributed by atoms with Crippen LogP contribution in [0.25, 0.3) is 0 Å². The lowest BCUT2D eigenvalue weighted by atomic mass is 10.2. The Morgan fingerprint density at radius 1 is 1.10 bits per heavy atom. The molecule has 2 rings (SSSR count). The first-order chi connectivity index (χ1) is 9.42. The van der Waals surface area contributed by atoms with Crippen LogP contribution in [0.3, 0.4) is 0 Å². The number of halogens is 2. The molecular weight excluding hydrogens is 279 g/mol. The number of benzene rings is 2. The van der Waals surface area contributed by atoms with Gasteiger partial charge in [-0.2, -0.15) is 0 Å². The van der Waals surface area contributed by atoms with Crippen molar-refractivity contribution in [3.63, 3.8) is 0 Å². The molecule has 0 spiro atoms. The summed E-state index contributed by atoms with van der Waals surface area (Å²) in [6.07, 6.45) is 0.0493. The van der Waals surface area contributed by atoms with Gasteiger partial charge >= 0.3 is 0 Å². The third-order valence-electron chi connectivity index (χ3n) is 2.45. The van der Waals surface area contributed by atoms with Crippen LogP contribution in [0.2, 0.25) is 5.02 Å². The molecule has 3 nitrogen and oxygen atoms in total. The van der Waals surface area contributed by atoms with Crippen molar-refractivity contribution < 1.29 is 9.13 Å². The summed E-state index contributed by atoms with van der Waals surface area (Å²) in [5.74, 6) is 0.257. The van der Waals surface area contributed by atoms with E-state index in [9.17, 15) is 4.39 Å². The predicted octanol–water partition coefficient (Wildman–Crippen LogP) is 4.59. The van der Waals surface area contributed by atoms with E-state index in [2.05, 4.69) is 5.32 Å². The van der Waals surface area contributed by atoms with Gasteiger partial charge in [-0.15, -0.1) is 0 Å². The van der Waals surface area contributed by atoms with Gasteiger partial charge in [-0.25, -0.2) is 4.39 Å². The first-order valence-electron chi connectivity index (χ1n) is 6.23. The highest BCUT2D eigenvalue weighted by molar-refractivity contribution is 6.30. The topological polar surface area (TPSA) is 47.3 Å². The SMILES string of the molecule is CC(C)Oc1cc(N)cc(Nc2cc(F)cc(Cl)c2)c1. The fraction of sp³-hybridized carbons (Fsp3) is 0.200. The lowest BCUT2D eigenvalue weighted by Crippen LogP contribution is -2.06. The number of ether oxygens (including phenoxy) is 1. The summed E-state index contributed by atoms with van der Waals surface area (Å²) >= 11 is 5.82. The monoisotopic (exact) mass is 294 g/mol. The molecule has 0 aliphatic heterocycles. The molecule has 0 saturated carbocycles. The van der Waals surface area contributed by atoms with Gasteiger partial charge in [0.25, 0.3) is 0 Å². The molecule has 20 heavy (non-hydrogen) atoms. The van der Waals surface area contributed by atoms with Crippen molar-refractivity contribution in [1.82, 2.24) is 0 Å². The van der Waals surface area contributed by atoms with Crippen LogP contribution in [0.1, 0.15) is 13.8 Å². The van der Waals surface area contributed by atoms with Crippen molar-refractivity contribution in [2.24, 2.45) is 0 Å². The van der Waals surface area contributed by atoms with Gasteiger partial charge in [-0.05, 0) is 38.1 Å². The van der Waals surface area contributed by atoms with E-state index in [0.29, 0.717) is 27.8 Å². The van der Waals surface area contributed by atoms with Crippen molar-refractivity contribution in [2.75, 3.05) is 11.1 Å². The molecule has 0 bridgehead atoms. The summed E-state index contributed by atoms with van der Waals surface area (Å²) in [5.41, 5.74) is 7.65. The molecule has 106 valence electrons. The third kappa shape index (κ3) is 4.03. The first-order valence-corrected chi connectivity index (χ1v) is 6.60. The Labute approximate surface area is 122 Å². The van der Waals surface area contributed by atoms with Gasteiger partial charge in [0.1, 0.15) is 11.6 Å². The minimum absolute atomic E-state index is 0.0493. The molecule has 0 aliphatic rings. The molecule has 0 fully saturated rings. The summed E-state index contributed by atoms with van der Waals surface area (Å²) in [4.78, 5) is 0. The van der Waals surface area contributed by atoms with Crippen molar-refractivity contribution in [3.8, 4) is 5.75 Å². The van der Waals surface area contributed by atoms with E-state index in [-0.39, 0.29) is 6.10 Å². The number of hydrogen-bond acceptors (Lipinski definition) is 3. The first kappa shape index (κ1) is 14.5. The lowest BCUT2D eigenvalue weighted by Gasteiger charge is -2.13. The van der Waals surface area contributed by atoms with Gasteiger partial charge in [-0.1, -0.05) is 11.6 Å². The maximum absolute atomic E-state index is 13.3. The van der Waals surface area contributed by atoms with E-state index in [1.54, 1.807) is 24.3 Å². The standard InChI is InChI=1S/C15H16ClFN2O/c1-9(2)20-15-7-12(18)6-14(8-15)19-13-4-10(16)3-11(17)5-13/h3-9,19H,18H2,1-2H3. The van der Waals surface area contributed by atoms with Gasteiger partial charge in [0, 0.05) is 34.2 Å². The maximum atomic E-state index is 13.3. The van der Waals surface area contributed by atoms with Crippen molar-refractivity contribution in [1.29, 1.82) is 0 Å². The summed E-state index contributed by atoms with van der Waals surface area (Å²) in [5, 5.41) is 3.38. The van der Waals surface area contributed by atoms with Crippen molar-refractivity contribution >= 4 is 28.7 Å². The third-order valence-corrected chi connectivity index (χ3v) is 2.67. The molecule has 5 heteroatoms. The maximum Gasteiger partial charge on any atom is 0.126 e. The van der Waals surface area contributed by atoms with Crippen LogP contribution in [-0.4, -0.2) is 6.10 Å². The van der Waals surface area contributed by atoms with Crippen LogP contribution in [0.4, 0.5) is 21.5 Å². The second kappa shape index (κ2) is 6.01. The van der Waals surface area contributed by atoms with E-state index >= 15 is 0 Å². The zero-order valence-electron chi connectivity index (χ0n) is 11.3. The van der Waals surface area contributed by atoms with Crippen LogP contribution in [0.5, 0.6) is 5.75 Å². The van der Waals surface area contributed by atoms with E-state index in [1.807, 2.05) is 13.8 Å². The van der Waals surface area contributed by atoms with Gasteiger partial charge in [0.2, 0.25) is 0 Å². The fourth-order valence-corrected chi connectivity index (χ4v) is 2.05. The number of anilines is 3. The average molecular weight is 295 g/mol. The fourth-order valence-electron chi connectivity index (χ4n) is 1.83. The Kier molecular flexibility index (Phi) is 4.35. The number of rotatable bonds is 4. The van der Waals surface area contributed by atoms with E-state index in [0.717, 1.165) is 0 Å². The summed E-state index contributed by atoms with van der Waals surface area (Å²) in [6, 6.07) is 9.53. The largest absolute Gasteiger partial charge is 0.491 e. The minimum atomic E-state index is -0.400. The minimum Gasteiger partial charge on any atom is -0.491 e. The van der Waals surface area contributed by atoms with Gasteiger partial charge in [-0.3, -0.25) is 0 Å². The highest BCUT2D eigenvalue weighted by atomic mass is 35.5. The predicted molar refractivity (Wildman–Crippen MR) is 81.3 cm³/mol. The second-order valence-electron chi connectivity index (χ2n) is 4.74. The van der Waals surface area contributed by atoms with E-state index < -0.39 is 5.82 Å². The van der Waals surface area contributed by atoms with E-state index in [4.69, 9.17) is 22.1 Å². The quantitative estimate of drug-likeness (QED) is 0.811. The molecule has 0 unspecified atom stereocenters. The highest BCUT2D eigenvalue weighted by Gasteiger charge is 2.04. The normalized spacial score (nSPS) is 10.7. The molecular formula is C15H16ClFN2O. The molecule has 0 heterocycles. The highest BCUT2D eigenvalue weighted by Crippen LogP contribution is 2.27. The van der Waals surface area contributed by atoms with Crippen molar-refractivity contribution in [3.05, 3.63) is 47.2 Å². The average Bonchev–Trinajstić information content (AvgIpc) is 2.24. The molecule has 0 saturated heterocycles. The molecule has 0 radical (unpaired) electrons. The molecule has 3 N–H and O–H groups in total. The Morgan fingerprint density at radius 2 is 1.80 bits per heavy atom. The lowest BCUT2D eigenvalue weighted by molar-refractivity contribution is 0.242. The summed E-state index contributed by atoms with van der Waals surface area (Å²) in [6.45, 7) is 3.87. The van der Waals surface area contributed by atoms with E-state index in [1.165, 1.54) is 12.1 Å². The number of hydrogen-bond donors (Lipinski definition) is 2. The molecule has 0 aliphatic carbocycles. The number of nitrogens with one attached hydrogen (secondary N) is 1. The van der Waals surface area contributed by atoms with Crippen LogP contribution in [0, 0.1) is 5.82 Å². The molecule has 2 aromatic rings. The van der Waals surface area contributed by atoms with Gasteiger partial charge < -0.3 is 15.8 Å². The Bertz CT molecular complexity index is 597. The molecule has 0 aromatic heterocycles. The summed E-state index contributed by atoms with van der Waals surface area (Å²) < 4.78 is 18.9. The zero-order valence-corrected chi connectivity index (χ0v) is 12.0. The smallest absolute Gasteiger partial charge is 0.126 e. The molecule has 2 aromatic carbocycles. The molecule has 0 atom stereocenters. The van der Waals surface area contributed by atoms with Crippen LogP contribution in [-0.2, 0) is 0 Å². The molecule has 0 amide bonds. The Morgan fingerprint density at radius 3 is 2.45 bits per heavy atom. The van der Waals surface area contributed by atoms with Gasteiger partial charge in [0.05, 0.1) is 6.10 Å². The van der Waals surface area contributed by atoms with Crippen LogP contribution < -0.4 is 15.8 Å². The Hall–Kier alpha value is -1.94. The Balaban J connectivity index is 2.26. The van der Waals surface area contributed by atoms with Gasteiger partial charge in [0.15, 0.2) is 0 Å². The second-order valence-corrected chi connectivity index (χ2v) is 5.18. The zero-order chi connectivity index (χ0) is 14.7.